The molecule has 0 aromatic rings. The van der Waals surface area contributed by atoms with Gasteiger partial charge < -0.3 is 10.6 Å². The maximum absolute atomic E-state index is 12.7. The summed E-state index contributed by atoms with van der Waals surface area (Å²) in [5.41, 5.74) is 6.12. The summed E-state index contributed by atoms with van der Waals surface area (Å²) in [5, 5.41) is 0. The van der Waals surface area contributed by atoms with E-state index in [1.54, 1.807) is 0 Å². The predicted molar refractivity (Wildman–Crippen MR) is 78.8 cm³/mol. The third-order valence-electron chi connectivity index (χ3n) is 4.74. The van der Waals surface area contributed by atoms with Crippen molar-refractivity contribution in [3.05, 3.63) is 0 Å². The Morgan fingerprint density at radius 3 is 2.37 bits per heavy atom. The van der Waals surface area contributed by atoms with Crippen LogP contribution in [0.4, 0.5) is 0 Å². The number of hydrogen-bond donors (Lipinski definition) is 1. The molecule has 2 rings (SSSR count). The number of rotatable bonds is 6. The Balaban J connectivity index is 1.96. The first kappa shape index (κ1) is 14.8. The van der Waals surface area contributed by atoms with Gasteiger partial charge in [0.2, 0.25) is 5.91 Å². The fourth-order valence-electron chi connectivity index (χ4n) is 3.41. The number of carbonyl (C=O) groups is 1. The van der Waals surface area contributed by atoms with Gasteiger partial charge in [-0.05, 0) is 43.6 Å². The van der Waals surface area contributed by atoms with Crippen LogP contribution in [-0.2, 0) is 4.79 Å². The normalized spacial score (nSPS) is 22.5. The smallest absolute Gasteiger partial charge is 0.223 e. The minimum absolute atomic E-state index is 0.111. The SMILES string of the molecule is CC(C)CN(C(=O)CC1(CN)CCCCC1)C1CC1. The molecule has 0 aliphatic heterocycles. The van der Waals surface area contributed by atoms with Crippen molar-refractivity contribution in [1.29, 1.82) is 0 Å². The van der Waals surface area contributed by atoms with E-state index in [1.807, 2.05) is 0 Å². The summed E-state index contributed by atoms with van der Waals surface area (Å²) >= 11 is 0. The van der Waals surface area contributed by atoms with E-state index < -0.39 is 0 Å². The lowest BCUT2D eigenvalue weighted by molar-refractivity contribution is -0.135. The Morgan fingerprint density at radius 1 is 1.26 bits per heavy atom. The molecule has 2 aliphatic rings. The molecule has 0 atom stereocenters. The van der Waals surface area contributed by atoms with Gasteiger partial charge in [0.1, 0.15) is 0 Å². The average molecular weight is 266 g/mol. The van der Waals surface area contributed by atoms with Gasteiger partial charge >= 0.3 is 0 Å². The molecule has 2 aliphatic carbocycles. The summed E-state index contributed by atoms with van der Waals surface area (Å²) in [4.78, 5) is 14.8. The molecule has 2 N–H and O–H groups in total. The van der Waals surface area contributed by atoms with Gasteiger partial charge in [-0.15, -0.1) is 0 Å². The maximum atomic E-state index is 12.7. The zero-order valence-electron chi connectivity index (χ0n) is 12.7. The molecule has 0 saturated heterocycles. The second-order valence-electron chi connectivity index (χ2n) is 7.11. The summed E-state index contributed by atoms with van der Waals surface area (Å²) in [5.74, 6) is 0.924. The molecule has 0 heterocycles. The fourth-order valence-corrected chi connectivity index (χ4v) is 3.41. The molecule has 0 spiro atoms. The lowest BCUT2D eigenvalue weighted by Crippen LogP contribution is -2.42. The topological polar surface area (TPSA) is 46.3 Å². The van der Waals surface area contributed by atoms with Gasteiger partial charge in [-0.1, -0.05) is 33.1 Å². The number of carbonyl (C=O) groups excluding carboxylic acids is 1. The molecular formula is C16H30N2O. The van der Waals surface area contributed by atoms with Crippen molar-refractivity contribution in [1.82, 2.24) is 4.90 Å². The molecule has 19 heavy (non-hydrogen) atoms. The van der Waals surface area contributed by atoms with Crippen LogP contribution in [0.3, 0.4) is 0 Å². The van der Waals surface area contributed by atoms with Gasteiger partial charge in [-0.2, -0.15) is 0 Å². The zero-order chi connectivity index (χ0) is 13.9. The molecule has 3 heteroatoms. The standard InChI is InChI=1S/C16H30N2O/c1-13(2)11-18(14-6-7-14)15(19)10-16(12-17)8-4-3-5-9-16/h13-14H,3-12,17H2,1-2H3. The van der Waals surface area contributed by atoms with E-state index in [4.69, 9.17) is 5.73 Å². The van der Waals surface area contributed by atoms with Crippen molar-refractivity contribution >= 4 is 5.91 Å². The van der Waals surface area contributed by atoms with E-state index in [-0.39, 0.29) is 5.41 Å². The Labute approximate surface area is 117 Å². The van der Waals surface area contributed by atoms with Crippen molar-refractivity contribution in [2.75, 3.05) is 13.1 Å². The predicted octanol–water partition coefficient (Wildman–Crippen LogP) is 2.93. The van der Waals surface area contributed by atoms with Crippen molar-refractivity contribution in [3.63, 3.8) is 0 Å². The van der Waals surface area contributed by atoms with Crippen LogP contribution in [-0.4, -0.2) is 29.9 Å². The largest absolute Gasteiger partial charge is 0.339 e. The van der Waals surface area contributed by atoms with Crippen LogP contribution in [0.5, 0.6) is 0 Å². The Morgan fingerprint density at radius 2 is 1.89 bits per heavy atom. The molecule has 3 nitrogen and oxygen atoms in total. The Bertz CT molecular complexity index is 304. The molecule has 0 aromatic heterocycles. The quantitative estimate of drug-likeness (QED) is 0.803. The highest BCUT2D eigenvalue weighted by Crippen LogP contribution is 2.40. The summed E-state index contributed by atoms with van der Waals surface area (Å²) < 4.78 is 0. The average Bonchev–Trinajstić information content (AvgIpc) is 3.21. The van der Waals surface area contributed by atoms with E-state index in [0.29, 0.717) is 30.8 Å². The van der Waals surface area contributed by atoms with Crippen LogP contribution < -0.4 is 5.73 Å². The Kier molecular flexibility index (Phi) is 4.88. The molecule has 0 aromatic carbocycles. The maximum Gasteiger partial charge on any atom is 0.223 e. The van der Waals surface area contributed by atoms with Crippen molar-refractivity contribution < 1.29 is 4.79 Å². The molecule has 110 valence electrons. The van der Waals surface area contributed by atoms with E-state index in [0.717, 1.165) is 19.4 Å². The number of nitrogens with zero attached hydrogens (tertiary/aromatic N) is 1. The first-order valence-electron chi connectivity index (χ1n) is 8.06. The van der Waals surface area contributed by atoms with E-state index >= 15 is 0 Å². The van der Waals surface area contributed by atoms with E-state index in [9.17, 15) is 4.79 Å². The number of hydrogen-bond acceptors (Lipinski definition) is 2. The molecule has 2 fully saturated rings. The minimum atomic E-state index is 0.111. The summed E-state index contributed by atoms with van der Waals surface area (Å²) in [6.45, 7) is 5.99. The molecule has 0 radical (unpaired) electrons. The van der Waals surface area contributed by atoms with Crippen molar-refractivity contribution in [3.8, 4) is 0 Å². The molecule has 0 bridgehead atoms. The first-order chi connectivity index (χ1) is 9.06. The summed E-state index contributed by atoms with van der Waals surface area (Å²) in [6, 6.07) is 0.535. The van der Waals surface area contributed by atoms with Gasteiger partial charge in [-0.3, -0.25) is 4.79 Å². The van der Waals surface area contributed by atoms with Gasteiger partial charge in [-0.25, -0.2) is 0 Å². The third kappa shape index (κ3) is 3.95. The van der Waals surface area contributed by atoms with Gasteiger partial charge in [0.15, 0.2) is 0 Å². The van der Waals surface area contributed by atoms with Crippen LogP contribution in [0.1, 0.15) is 65.2 Å². The number of amides is 1. The van der Waals surface area contributed by atoms with Gasteiger partial charge in [0.25, 0.3) is 0 Å². The van der Waals surface area contributed by atoms with E-state index in [2.05, 4.69) is 18.7 Å². The highest BCUT2D eigenvalue weighted by Gasteiger charge is 2.38. The molecule has 0 unspecified atom stereocenters. The lowest BCUT2D eigenvalue weighted by Gasteiger charge is -2.37. The van der Waals surface area contributed by atoms with Gasteiger partial charge in [0.05, 0.1) is 0 Å². The van der Waals surface area contributed by atoms with Gasteiger partial charge in [0, 0.05) is 19.0 Å². The summed E-state index contributed by atoms with van der Waals surface area (Å²) in [6.07, 6.45) is 9.20. The minimum Gasteiger partial charge on any atom is -0.339 e. The molecular weight excluding hydrogens is 236 g/mol. The van der Waals surface area contributed by atoms with Crippen LogP contribution in [0, 0.1) is 11.3 Å². The zero-order valence-corrected chi connectivity index (χ0v) is 12.7. The number of nitrogens with two attached hydrogens (primary N) is 1. The molecule has 1 amide bonds. The highest BCUT2D eigenvalue weighted by molar-refractivity contribution is 5.77. The highest BCUT2D eigenvalue weighted by atomic mass is 16.2. The van der Waals surface area contributed by atoms with Crippen molar-refractivity contribution in [2.24, 2.45) is 17.1 Å². The van der Waals surface area contributed by atoms with Crippen LogP contribution in [0.2, 0.25) is 0 Å². The van der Waals surface area contributed by atoms with E-state index in [1.165, 1.54) is 32.1 Å². The fraction of sp³-hybridized carbons (Fsp3) is 0.938. The second-order valence-corrected chi connectivity index (χ2v) is 7.11. The third-order valence-corrected chi connectivity index (χ3v) is 4.74. The Hall–Kier alpha value is -0.570. The van der Waals surface area contributed by atoms with Crippen molar-refractivity contribution in [2.45, 2.75) is 71.3 Å². The van der Waals surface area contributed by atoms with Crippen LogP contribution >= 0.6 is 0 Å². The summed E-state index contributed by atoms with van der Waals surface area (Å²) in [7, 11) is 0. The second kappa shape index (κ2) is 6.25. The first-order valence-corrected chi connectivity index (χ1v) is 8.06. The van der Waals surface area contributed by atoms with Crippen LogP contribution in [0.25, 0.3) is 0 Å². The van der Waals surface area contributed by atoms with Crippen LogP contribution in [0.15, 0.2) is 0 Å². The lowest BCUT2D eigenvalue weighted by atomic mass is 9.71. The monoisotopic (exact) mass is 266 g/mol. The molecule has 2 saturated carbocycles.